The fourth-order valence-corrected chi connectivity index (χ4v) is 3.19. The Hall–Kier alpha value is -3.51. The number of hydrogen-bond donors (Lipinski definition) is 4. The summed E-state index contributed by atoms with van der Waals surface area (Å²) in [7, 11) is 0. The molecule has 1 heterocycles. The highest BCUT2D eigenvalue weighted by Gasteiger charge is 2.57. The molecule has 0 saturated heterocycles. The molecule has 0 spiro atoms. The lowest BCUT2D eigenvalue weighted by Gasteiger charge is -2.18. The molecule has 178 valence electrons. The van der Waals surface area contributed by atoms with E-state index >= 15 is 0 Å². The van der Waals surface area contributed by atoms with Gasteiger partial charge in [0.05, 0.1) is 6.10 Å². The first-order valence-corrected chi connectivity index (χ1v) is 9.64. The van der Waals surface area contributed by atoms with Crippen molar-refractivity contribution in [1.82, 2.24) is 5.32 Å². The molecule has 3 rings (SSSR count). The molecule has 1 aliphatic rings. The Morgan fingerprint density at radius 3 is 2.24 bits per heavy atom. The van der Waals surface area contributed by atoms with Crippen LogP contribution in [0.2, 0.25) is 0 Å². The summed E-state index contributed by atoms with van der Waals surface area (Å²) in [5.74, 6) is -6.86. The minimum Gasteiger partial charge on any atom is -0.475 e. The van der Waals surface area contributed by atoms with Crippen molar-refractivity contribution in [3.05, 3.63) is 53.6 Å². The molecule has 33 heavy (non-hydrogen) atoms. The Morgan fingerprint density at radius 1 is 1.06 bits per heavy atom. The van der Waals surface area contributed by atoms with Crippen LogP contribution in [0.4, 0.5) is 13.2 Å². The zero-order valence-corrected chi connectivity index (χ0v) is 17.1. The number of fused-ring (bicyclic) bond motifs is 1. The number of halogens is 3. The summed E-state index contributed by atoms with van der Waals surface area (Å²) in [5, 5.41) is 31.7. The number of aliphatic hydroxyl groups excluding tert-OH is 1. The van der Waals surface area contributed by atoms with Gasteiger partial charge in [-0.1, -0.05) is 18.2 Å². The van der Waals surface area contributed by atoms with E-state index in [1.54, 1.807) is 6.07 Å². The number of carbonyl (C=O) groups is 2. The molecule has 1 aliphatic heterocycles. The standard InChI is InChI=1S/C21H20F3NO8/c1-11(25-10-15(26)13-3-5-14(6-4-13)31-21(22,23)24)8-12-2-7-16-17(9-12)33-20(32-16,18(27)28)19(29)30/h2-7,9,11,15,25-26H,8,10H2,1H3,(H,27,28)(H,29,30). The number of hydrogen-bond acceptors (Lipinski definition) is 7. The molecule has 0 amide bonds. The maximum absolute atomic E-state index is 12.2. The van der Waals surface area contributed by atoms with Gasteiger partial charge in [-0.2, -0.15) is 0 Å². The van der Waals surface area contributed by atoms with Gasteiger partial charge >= 0.3 is 24.1 Å². The molecular formula is C21H20F3NO8. The first-order valence-electron chi connectivity index (χ1n) is 9.64. The lowest BCUT2D eigenvalue weighted by Crippen LogP contribution is -2.54. The molecule has 2 aromatic carbocycles. The second kappa shape index (κ2) is 9.16. The molecule has 2 aromatic rings. The Bertz CT molecular complexity index is 1010. The van der Waals surface area contributed by atoms with Crippen molar-refractivity contribution in [1.29, 1.82) is 0 Å². The monoisotopic (exact) mass is 471 g/mol. The third-order valence-electron chi connectivity index (χ3n) is 4.78. The van der Waals surface area contributed by atoms with Gasteiger partial charge in [-0.05, 0) is 48.7 Å². The van der Waals surface area contributed by atoms with E-state index in [9.17, 15) is 38.1 Å². The van der Waals surface area contributed by atoms with Crippen molar-refractivity contribution in [2.24, 2.45) is 0 Å². The molecular weight excluding hydrogens is 451 g/mol. The molecule has 12 heteroatoms. The second-order valence-corrected chi connectivity index (χ2v) is 7.36. The molecule has 4 N–H and O–H groups in total. The molecule has 0 aromatic heterocycles. The van der Waals surface area contributed by atoms with E-state index in [4.69, 9.17) is 9.47 Å². The van der Waals surface area contributed by atoms with E-state index in [-0.39, 0.29) is 24.1 Å². The summed E-state index contributed by atoms with van der Waals surface area (Å²) in [4.78, 5) is 22.6. The van der Waals surface area contributed by atoms with Crippen LogP contribution in [0, 0.1) is 0 Å². The first-order chi connectivity index (χ1) is 15.4. The smallest absolute Gasteiger partial charge is 0.475 e. The number of carboxylic acids is 2. The third kappa shape index (κ3) is 5.65. The van der Waals surface area contributed by atoms with Crippen LogP contribution in [0.5, 0.6) is 17.2 Å². The summed E-state index contributed by atoms with van der Waals surface area (Å²) in [6.45, 7) is 1.92. The van der Waals surface area contributed by atoms with Gasteiger partial charge in [0.1, 0.15) is 5.75 Å². The summed E-state index contributed by atoms with van der Waals surface area (Å²) >= 11 is 0. The average molecular weight is 471 g/mol. The fraction of sp³-hybridized carbons (Fsp3) is 0.333. The molecule has 0 aliphatic carbocycles. The Kier molecular flexibility index (Phi) is 6.70. The summed E-state index contributed by atoms with van der Waals surface area (Å²) in [6.07, 6.45) is -5.38. The number of carboxylic acid groups (broad SMARTS) is 2. The Balaban J connectivity index is 1.55. The Labute approximate surface area is 185 Å². The van der Waals surface area contributed by atoms with Crippen molar-refractivity contribution in [3.63, 3.8) is 0 Å². The van der Waals surface area contributed by atoms with Gasteiger partial charge in [-0.25, -0.2) is 9.59 Å². The number of rotatable bonds is 9. The van der Waals surface area contributed by atoms with Crippen LogP contribution in [0.1, 0.15) is 24.2 Å². The van der Waals surface area contributed by atoms with Crippen molar-refractivity contribution < 1.29 is 52.3 Å². The van der Waals surface area contributed by atoms with Crippen molar-refractivity contribution in [2.45, 2.75) is 37.6 Å². The van der Waals surface area contributed by atoms with E-state index in [0.29, 0.717) is 17.5 Å². The minimum atomic E-state index is -4.80. The fourth-order valence-electron chi connectivity index (χ4n) is 3.19. The van der Waals surface area contributed by atoms with E-state index < -0.39 is 35.9 Å². The van der Waals surface area contributed by atoms with Crippen LogP contribution in [0.25, 0.3) is 0 Å². The quantitative estimate of drug-likeness (QED) is 0.407. The number of benzene rings is 2. The third-order valence-corrected chi connectivity index (χ3v) is 4.78. The molecule has 0 saturated carbocycles. The van der Waals surface area contributed by atoms with Crippen LogP contribution < -0.4 is 19.5 Å². The van der Waals surface area contributed by atoms with Crippen LogP contribution in [-0.4, -0.2) is 52.0 Å². The molecule has 9 nitrogen and oxygen atoms in total. The number of aliphatic hydroxyl groups is 1. The van der Waals surface area contributed by atoms with Gasteiger partial charge in [-0.3, -0.25) is 0 Å². The van der Waals surface area contributed by atoms with Gasteiger partial charge in [-0.15, -0.1) is 13.2 Å². The molecule has 2 atom stereocenters. The molecule has 2 unspecified atom stereocenters. The topological polar surface area (TPSA) is 135 Å². The van der Waals surface area contributed by atoms with Crippen molar-refractivity contribution in [2.75, 3.05) is 6.54 Å². The van der Waals surface area contributed by atoms with Crippen LogP contribution in [0.3, 0.4) is 0 Å². The number of ether oxygens (including phenoxy) is 3. The number of nitrogens with one attached hydrogen (secondary N) is 1. The molecule has 0 bridgehead atoms. The maximum Gasteiger partial charge on any atom is 0.573 e. The second-order valence-electron chi connectivity index (χ2n) is 7.36. The zero-order valence-electron chi connectivity index (χ0n) is 17.1. The number of aliphatic carboxylic acids is 2. The SMILES string of the molecule is CC(Cc1ccc2c(c1)OC(C(=O)O)(C(=O)O)O2)NCC(O)c1ccc(OC(F)(F)F)cc1. The predicted octanol–water partition coefficient (Wildman–Crippen LogP) is 2.48. The minimum absolute atomic E-state index is 0.0162. The number of alkyl halides is 3. The van der Waals surface area contributed by atoms with E-state index in [2.05, 4.69) is 10.1 Å². The van der Waals surface area contributed by atoms with Gasteiger partial charge in [0.15, 0.2) is 11.5 Å². The lowest BCUT2D eigenvalue weighted by molar-refractivity contribution is -0.274. The lowest BCUT2D eigenvalue weighted by atomic mass is 10.1. The first kappa shape index (κ1) is 24.1. The average Bonchev–Trinajstić information content (AvgIpc) is 3.12. The highest BCUT2D eigenvalue weighted by molar-refractivity contribution is 6.01. The Morgan fingerprint density at radius 2 is 1.67 bits per heavy atom. The van der Waals surface area contributed by atoms with Crippen LogP contribution in [0.15, 0.2) is 42.5 Å². The summed E-state index contributed by atoms with van der Waals surface area (Å²) < 4.78 is 50.5. The summed E-state index contributed by atoms with van der Waals surface area (Å²) in [5.41, 5.74) is 1.08. The van der Waals surface area contributed by atoms with Crippen LogP contribution in [-0.2, 0) is 16.0 Å². The maximum atomic E-state index is 12.2. The van der Waals surface area contributed by atoms with Crippen molar-refractivity contribution >= 4 is 11.9 Å². The van der Waals surface area contributed by atoms with Crippen LogP contribution >= 0.6 is 0 Å². The zero-order chi connectivity index (χ0) is 24.4. The van der Waals surface area contributed by atoms with Crippen molar-refractivity contribution in [3.8, 4) is 17.2 Å². The van der Waals surface area contributed by atoms with Gasteiger partial charge in [0.25, 0.3) is 0 Å². The van der Waals surface area contributed by atoms with E-state index in [1.807, 2.05) is 6.92 Å². The van der Waals surface area contributed by atoms with E-state index in [1.165, 1.54) is 24.3 Å². The van der Waals surface area contributed by atoms with Gasteiger partial charge < -0.3 is 34.8 Å². The molecule has 0 fully saturated rings. The largest absolute Gasteiger partial charge is 0.573 e. The molecule has 0 radical (unpaired) electrons. The van der Waals surface area contributed by atoms with Gasteiger partial charge in [0, 0.05) is 12.6 Å². The highest BCUT2D eigenvalue weighted by Crippen LogP contribution is 2.40. The normalized spacial score (nSPS) is 16.2. The predicted molar refractivity (Wildman–Crippen MR) is 105 cm³/mol. The van der Waals surface area contributed by atoms with Gasteiger partial charge in [0.2, 0.25) is 0 Å². The highest BCUT2D eigenvalue weighted by atomic mass is 19.4. The van der Waals surface area contributed by atoms with E-state index in [0.717, 1.165) is 12.1 Å². The summed E-state index contributed by atoms with van der Waals surface area (Å²) in [6, 6.07) is 9.18.